The van der Waals surface area contributed by atoms with E-state index in [9.17, 15) is 14.3 Å². The van der Waals surface area contributed by atoms with Crippen LogP contribution in [0, 0.1) is 11.7 Å². The molecule has 1 aliphatic heterocycles. The van der Waals surface area contributed by atoms with Gasteiger partial charge in [0.15, 0.2) is 6.54 Å². The van der Waals surface area contributed by atoms with E-state index in [1.807, 2.05) is 0 Å². The van der Waals surface area contributed by atoms with Gasteiger partial charge in [-0.25, -0.2) is 4.39 Å². The van der Waals surface area contributed by atoms with Crippen LogP contribution in [0.2, 0.25) is 0 Å². The molecule has 4 nitrogen and oxygen atoms in total. The van der Waals surface area contributed by atoms with Crippen LogP contribution in [0.4, 0.5) is 4.39 Å². The zero-order chi connectivity index (χ0) is 15.7. The van der Waals surface area contributed by atoms with Crippen LogP contribution in [0.25, 0.3) is 0 Å². The van der Waals surface area contributed by atoms with Gasteiger partial charge in [0.05, 0.1) is 12.1 Å². The minimum Gasteiger partial charge on any atom is -0.389 e. The number of quaternary nitrogens is 1. The molecule has 1 amide bonds. The molecule has 1 unspecified atom stereocenters. The molecule has 1 saturated carbocycles. The van der Waals surface area contributed by atoms with E-state index in [4.69, 9.17) is 5.73 Å². The Labute approximate surface area is 130 Å². The third kappa shape index (κ3) is 2.88. The summed E-state index contributed by atoms with van der Waals surface area (Å²) in [6.45, 7) is 0.979. The molecule has 2 fully saturated rings. The van der Waals surface area contributed by atoms with Crippen molar-refractivity contribution >= 4 is 5.91 Å². The number of carbonyl (C=O) groups excluding carboxylic acids is 1. The summed E-state index contributed by atoms with van der Waals surface area (Å²) in [6.07, 6.45) is 4.61. The SMILES string of the molecule is NC(=O)C[NH+]1CC[C@@]2(O)CCCC[C@@H]2[C@H]1c1ccc(F)cc1. The molecular formula is C17H24FN2O2+. The first-order valence-corrected chi connectivity index (χ1v) is 8.10. The molecule has 1 aromatic rings. The number of primary amides is 1. The molecule has 1 aromatic carbocycles. The Kier molecular flexibility index (Phi) is 4.19. The van der Waals surface area contributed by atoms with Crippen molar-refractivity contribution in [3.05, 3.63) is 35.6 Å². The second-order valence-corrected chi connectivity index (χ2v) is 6.79. The van der Waals surface area contributed by atoms with Crippen LogP contribution < -0.4 is 10.6 Å². The van der Waals surface area contributed by atoms with Crippen molar-refractivity contribution in [1.82, 2.24) is 0 Å². The molecule has 0 aromatic heterocycles. The predicted molar refractivity (Wildman–Crippen MR) is 80.6 cm³/mol. The summed E-state index contributed by atoms with van der Waals surface area (Å²) in [6, 6.07) is 6.47. The fraction of sp³-hybridized carbons (Fsp3) is 0.588. The topological polar surface area (TPSA) is 67.8 Å². The number of carbonyl (C=O) groups is 1. The van der Waals surface area contributed by atoms with Crippen molar-refractivity contribution in [1.29, 1.82) is 0 Å². The number of amides is 1. The third-order valence-corrected chi connectivity index (χ3v) is 5.42. The molecule has 1 saturated heterocycles. The predicted octanol–water partition coefficient (Wildman–Crippen LogP) is 0.562. The molecule has 4 atom stereocenters. The first kappa shape index (κ1) is 15.4. The van der Waals surface area contributed by atoms with Crippen molar-refractivity contribution in [3.63, 3.8) is 0 Å². The van der Waals surface area contributed by atoms with Crippen molar-refractivity contribution in [2.75, 3.05) is 13.1 Å². The lowest BCUT2D eigenvalue weighted by molar-refractivity contribution is -0.937. The Hall–Kier alpha value is -1.46. The summed E-state index contributed by atoms with van der Waals surface area (Å²) in [4.78, 5) is 12.5. The summed E-state index contributed by atoms with van der Waals surface area (Å²) in [5.74, 6) is -0.493. The van der Waals surface area contributed by atoms with Crippen LogP contribution in [0.5, 0.6) is 0 Å². The molecule has 1 aliphatic carbocycles. The second kappa shape index (κ2) is 5.97. The van der Waals surface area contributed by atoms with Crippen molar-refractivity contribution in [2.45, 2.75) is 43.7 Å². The standard InChI is InChI=1S/C17H23FN2O2/c18-13-6-4-12(5-7-13)16-14-3-1-2-8-17(14,22)9-10-20(16)11-15(19)21/h4-7,14,16,22H,1-3,8-11H2,(H2,19,21)/p+1/t14-,16-,17+/m1/s1. The lowest BCUT2D eigenvalue weighted by Gasteiger charge is -2.50. The molecule has 120 valence electrons. The number of hydrogen-bond donors (Lipinski definition) is 3. The highest BCUT2D eigenvalue weighted by molar-refractivity contribution is 5.74. The molecule has 22 heavy (non-hydrogen) atoms. The molecule has 3 rings (SSSR count). The van der Waals surface area contributed by atoms with E-state index in [1.165, 1.54) is 12.1 Å². The Bertz CT molecular complexity index is 548. The summed E-state index contributed by atoms with van der Waals surface area (Å²) in [5, 5.41) is 11.0. The van der Waals surface area contributed by atoms with Crippen LogP contribution >= 0.6 is 0 Å². The van der Waals surface area contributed by atoms with Crippen molar-refractivity contribution < 1.29 is 19.2 Å². The van der Waals surface area contributed by atoms with Gasteiger partial charge in [0.1, 0.15) is 11.9 Å². The fourth-order valence-corrected chi connectivity index (χ4v) is 4.41. The van der Waals surface area contributed by atoms with Crippen LogP contribution in [-0.2, 0) is 4.79 Å². The first-order valence-electron chi connectivity index (χ1n) is 8.10. The van der Waals surface area contributed by atoms with E-state index < -0.39 is 5.60 Å². The highest BCUT2D eigenvalue weighted by atomic mass is 19.1. The third-order valence-electron chi connectivity index (χ3n) is 5.42. The Morgan fingerprint density at radius 2 is 2.05 bits per heavy atom. The summed E-state index contributed by atoms with van der Waals surface area (Å²) in [7, 11) is 0. The number of nitrogens with one attached hydrogen (secondary N) is 1. The number of hydrogen-bond acceptors (Lipinski definition) is 2. The molecule has 4 N–H and O–H groups in total. The summed E-state index contributed by atoms with van der Waals surface area (Å²) in [5.41, 5.74) is 5.74. The Balaban J connectivity index is 1.96. The number of benzene rings is 1. The van der Waals surface area contributed by atoms with E-state index in [2.05, 4.69) is 0 Å². The van der Waals surface area contributed by atoms with Gasteiger partial charge >= 0.3 is 0 Å². The number of aliphatic hydroxyl groups is 1. The van der Waals surface area contributed by atoms with Crippen LogP contribution in [0.15, 0.2) is 24.3 Å². The number of nitrogens with two attached hydrogens (primary N) is 1. The van der Waals surface area contributed by atoms with Crippen LogP contribution in [0.3, 0.4) is 0 Å². The maximum atomic E-state index is 13.2. The number of halogens is 1. The van der Waals surface area contributed by atoms with E-state index in [-0.39, 0.29) is 30.2 Å². The quantitative estimate of drug-likeness (QED) is 0.764. The highest BCUT2D eigenvalue weighted by Crippen LogP contribution is 2.43. The van der Waals surface area contributed by atoms with Crippen molar-refractivity contribution in [3.8, 4) is 0 Å². The average Bonchev–Trinajstić information content (AvgIpc) is 2.48. The zero-order valence-electron chi connectivity index (χ0n) is 12.7. The number of rotatable bonds is 3. The second-order valence-electron chi connectivity index (χ2n) is 6.79. The Morgan fingerprint density at radius 3 is 2.73 bits per heavy atom. The normalized spacial score (nSPS) is 34.9. The molecule has 1 heterocycles. The largest absolute Gasteiger partial charge is 0.389 e. The molecule has 0 spiro atoms. The van der Waals surface area contributed by atoms with E-state index >= 15 is 0 Å². The monoisotopic (exact) mass is 307 g/mol. The average molecular weight is 307 g/mol. The Morgan fingerprint density at radius 1 is 1.32 bits per heavy atom. The molecule has 2 aliphatic rings. The van der Waals surface area contributed by atoms with Gasteiger partial charge in [0.25, 0.3) is 5.91 Å². The highest BCUT2D eigenvalue weighted by Gasteiger charge is 2.51. The minimum atomic E-state index is -0.654. The molecule has 0 bridgehead atoms. The van der Waals surface area contributed by atoms with Crippen LogP contribution in [-0.4, -0.2) is 29.7 Å². The summed E-state index contributed by atoms with van der Waals surface area (Å²) < 4.78 is 13.2. The van der Waals surface area contributed by atoms with Gasteiger partial charge in [-0.15, -0.1) is 0 Å². The maximum absolute atomic E-state index is 13.2. The summed E-state index contributed by atoms with van der Waals surface area (Å²) >= 11 is 0. The van der Waals surface area contributed by atoms with E-state index in [0.29, 0.717) is 6.42 Å². The lowest BCUT2D eigenvalue weighted by atomic mass is 9.66. The van der Waals surface area contributed by atoms with Gasteiger partial charge in [0.2, 0.25) is 0 Å². The van der Waals surface area contributed by atoms with Crippen molar-refractivity contribution in [2.24, 2.45) is 11.7 Å². The smallest absolute Gasteiger partial charge is 0.272 e. The van der Waals surface area contributed by atoms with Gasteiger partial charge < -0.3 is 15.7 Å². The number of likely N-dealkylation sites (tertiary alicyclic amines) is 1. The minimum absolute atomic E-state index is 0.00662. The molecule has 0 radical (unpaired) electrons. The van der Waals surface area contributed by atoms with Gasteiger partial charge in [-0.3, -0.25) is 4.79 Å². The lowest BCUT2D eigenvalue weighted by Crippen LogP contribution is -3.16. The fourth-order valence-electron chi connectivity index (χ4n) is 4.41. The first-order chi connectivity index (χ1) is 10.5. The zero-order valence-corrected chi connectivity index (χ0v) is 12.7. The molecule has 5 heteroatoms. The van der Waals surface area contributed by atoms with Gasteiger partial charge in [-0.2, -0.15) is 0 Å². The van der Waals surface area contributed by atoms with Gasteiger partial charge in [0, 0.05) is 17.9 Å². The number of fused-ring (bicyclic) bond motifs is 1. The van der Waals surface area contributed by atoms with E-state index in [1.54, 1.807) is 12.1 Å². The van der Waals surface area contributed by atoms with Gasteiger partial charge in [-0.05, 0) is 25.0 Å². The van der Waals surface area contributed by atoms with Crippen LogP contribution in [0.1, 0.15) is 43.7 Å². The maximum Gasteiger partial charge on any atom is 0.272 e. The molecular weight excluding hydrogens is 283 g/mol. The van der Waals surface area contributed by atoms with E-state index in [0.717, 1.165) is 42.7 Å². The van der Waals surface area contributed by atoms with Gasteiger partial charge in [-0.1, -0.05) is 25.0 Å². The number of piperidine rings is 1.